The van der Waals surface area contributed by atoms with E-state index in [2.05, 4.69) is 15.4 Å². The lowest BCUT2D eigenvalue weighted by Crippen LogP contribution is -2.34. The topological polar surface area (TPSA) is 103 Å². The number of nitrogens with zero attached hydrogens (tertiary/aromatic N) is 6. The third kappa shape index (κ3) is 3.72. The van der Waals surface area contributed by atoms with Crippen molar-refractivity contribution in [2.75, 3.05) is 0 Å². The van der Waals surface area contributed by atoms with E-state index in [1.807, 2.05) is 47.2 Å². The summed E-state index contributed by atoms with van der Waals surface area (Å²) < 4.78 is 11.3. The molecule has 9 nitrogen and oxygen atoms in total. The molecule has 0 bridgehead atoms. The molecule has 1 fully saturated rings. The van der Waals surface area contributed by atoms with E-state index in [1.54, 1.807) is 23.9 Å². The Kier molecular flexibility index (Phi) is 4.99. The van der Waals surface area contributed by atoms with Crippen LogP contribution in [-0.4, -0.2) is 36.8 Å². The molecule has 1 amide bonds. The zero-order valence-electron chi connectivity index (χ0n) is 17.6. The molecule has 33 heavy (non-hydrogen) atoms. The van der Waals surface area contributed by atoms with E-state index < -0.39 is 0 Å². The smallest absolute Gasteiger partial charge is 0.267 e. The first kappa shape index (κ1) is 19.9. The first-order valence-corrected chi connectivity index (χ1v) is 11.7. The molecule has 2 aliphatic rings. The summed E-state index contributed by atoms with van der Waals surface area (Å²) >= 11 is 1.56. The van der Waals surface area contributed by atoms with Gasteiger partial charge in [-0.2, -0.15) is 21.2 Å². The number of carbonyl (C=O) groups excluding carboxylic acids is 1. The van der Waals surface area contributed by atoms with Crippen LogP contribution in [0.2, 0.25) is 0 Å². The summed E-state index contributed by atoms with van der Waals surface area (Å²) in [5.74, 6) is 1.83. The Balaban J connectivity index is 1.31. The number of aromatic nitrogens is 4. The third-order valence-electron chi connectivity index (χ3n) is 5.96. The van der Waals surface area contributed by atoms with Crippen LogP contribution in [-0.2, 0) is 11.3 Å². The van der Waals surface area contributed by atoms with Crippen LogP contribution in [0, 0.1) is 5.92 Å². The largest absolute Gasteiger partial charge is 0.467 e. The number of furan rings is 2. The molecule has 10 heteroatoms. The molecule has 0 aromatic carbocycles. The molecule has 1 aliphatic heterocycles. The number of allylic oxidation sites excluding steroid dienone is 1. The second kappa shape index (κ2) is 8.28. The minimum absolute atomic E-state index is 0.0557. The molecule has 2 unspecified atom stereocenters. The van der Waals surface area contributed by atoms with Crippen molar-refractivity contribution in [1.29, 1.82) is 0 Å². The molecule has 166 valence electrons. The van der Waals surface area contributed by atoms with Crippen molar-refractivity contribution in [3.63, 3.8) is 0 Å². The predicted octanol–water partition coefficient (Wildman–Crippen LogP) is 4.41. The van der Waals surface area contributed by atoms with Crippen molar-refractivity contribution in [1.82, 2.24) is 25.2 Å². The molecule has 0 radical (unpaired) electrons. The summed E-state index contributed by atoms with van der Waals surface area (Å²) in [6, 6.07) is 9.13. The highest BCUT2D eigenvalue weighted by molar-refractivity contribution is 7.08. The minimum Gasteiger partial charge on any atom is -0.467 e. The second-order valence-corrected chi connectivity index (χ2v) is 8.80. The average Bonchev–Trinajstić information content (AvgIpc) is 3.64. The molecular weight excluding hydrogens is 440 g/mol. The molecule has 0 spiro atoms. The number of hydrogen-bond donors (Lipinski definition) is 0. The van der Waals surface area contributed by atoms with Crippen LogP contribution in [0.15, 0.2) is 73.1 Å². The van der Waals surface area contributed by atoms with Crippen molar-refractivity contribution in [2.45, 2.75) is 31.8 Å². The van der Waals surface area contributed by atoms with Crippen LogP contribution < -0.4 is 0 Å². The first-order valence-electron chi connectivity index (χ1n) is 10.7. The number of hydrogen-bond acceptors (Lipinski definition) is 8. The van der Waals surface area contributed by atoms with Crippen LogP contribution in [0.5, 0.6) is 0 Å². The Labute approximate surface area is 193 Å². The van der Waals surface area contributed by atoms with Gasteiger partial charge in [-0.3, -0.25) is 4.79 Å². The van der Waals surface area contributed by atoms with Crippen LogP contribution in [0.25, 0.3) is 17.5 Å². The molecule has 0 saturated heterocycles. The lowest BCUT2D eigenvalue weighted by molar-refractivity contribution is -0.135. The summed E-state index contributed by atoms with van der Waals surface area (Å²) in [5.41, 5.74) is 2.89. The maximum Gasteiger partial charge on any atom is 0.267 e. The maximum absolute atomic E-state index is 13.4. The normalized spacial score (nSPS) is 21.4. The minimum atomic E-state index is -0.303. The van der Waals surface area contributed by atoms with Crippen molar-refractivity contribution >= 4 is 29.0 Å². The fraction of sp³-hybridized carbons (Fsp3) is 0.261. The molecule has 4 aromatic heterocycles. The number of tetrazole rings is 1. The quantitative estimate of drug-likeness (QED) is 0.437. The molecule has 1 aliphatic carbocycles. The van der Waals surface area contributed by atoms with Gasteiger partial charge in [0, 0.05) is 16.9 Å². The number of carbonyl (C=O) groups is 1. The highest BCUT2D eigenvalue weighted by Crippen LogP contribution is 2.44. The predicted molar refractivity (Wildman–Crippen MR) is 121 cm³/mol. The standard InChI is InChI=1S/C23H20N6O3S/c30-20(13-28-26-23(24-27-28)16-8-11-33-14-16)29-22(19-7-3-10-32-19)18-6-1-4-15(21(18)25-29)12-17-5-2-9-31-17/h2-3,5,7-12,14,18,22H,1,4,6,13H2/b15-12-. The van der Waals surface area contributed by atoms with Gasteiger partial charge in [0.1, 0.15) is 24.1 Å². The van der Waals surface area contributed by atoms with E-state index in [0.717, 1.165) is 47.6 Å². The number of amides is 1. The van der Waals surface area contributed by atoms with E-state index in [0.29, 0.717) is 5.82 Å². The van der Waals surface area contributed by atoms with Crippen LogP contribution in [0.3, 0.4) is 0 Å². The Morgan fingerprint density at radius 2 is 2.12 bits per heavy atom. The Morgan fingerprint density at radius 1 is 1.21 bits per heavy atom. The van der Waals surface area contributed by atoms with Gasteiger partial charge >= 0.3 is 0 Å². The molecule has 0 N–H and O–H groups in total. The van der Waals surface area contributed by atoms with Crippen molar-refractivity contribution in [2.24, 2.45) is 11.0 Å². The molecule has 2 atom stereocenters. The summed E-state index contributed by atoms with van der Waals surface area (Å²) in [5, 5.41) is 22.7. The van der Waals surface area contributed by atoms with Gasteiger partial charge in [0.15, 0.2) is 0 Å². The Hall–Kier alpha value is -3.79. The fourth-order valence-corrected chi connectivity index (χ4v) is 5.14. The van der Waals surface area contributed by atoms with Gasteiger partial charge in [0.2, 0.25) is 5.82 Å². The number of rotatable bonds is 5. The van der Waals surface area contributed by atoms with E-state index in [-0.39, 0.29) is 24.4 Å². The number of thiophene rings is 1. The summed E-state index contributed by atoms with van der Waals surface area (Å²) in [7, 11) is 0. The second-order valence-electron chi connectivity index (χ2n) is 8.02. The number of fused-ring (bicyclic) bond motifs is 1. The maximum atomic E-state index is 13.4. The molecule has 5 heterocycles. The van der Waals surface area contributed by atoms with Gasteiger partial charge in [0.05, 0.1) is 18.2 Å². The highest BCUT2D eigenvalue weighted by atomic mass is 32.1. The zero-order valence-corrected chi connectivity index (χ0v) is 18.4. The lowest BCUT2D eigenvalue weighted by Gasteiger charge is -2.27. The molecule has 4 aromatic rings. The summed E-state index contributed by atoms with van der Waals surface area (Å²) in [4.78, 5) is 14.7. The van der Waals surface area contributed by atoms with Gasteiger partial charge in [-0.15, -0.1) is 10.2 Å². The Bertz CT molecular complexity index is 1300. The van der Waals surface area contributed by atoms with E-state index in [9.17, 15) is 4.79 Å². The van der Waals surface area contributed by atoms with Crippen LogP contribution in [0.4, 0.5) is 0 Å². The third-order valence-corrected chi connectivity index (χ3v) is 6.64. The molecular formula is C23H20N6O3S. The molecule has 6 rings (SSSR count). The zero-order chi connectivity index (χ0) is 22.2. The van der Waals surface area contributed by atoms with Crippen molar-refractivity contribution in [3.8, 4) is 11.4 Å². The van der Waals surface area contributed by atoms with Gasteiger partial charge in [-0.05, 0) is 71.8 Å². The van der Waals surface area contributed by atoms with E-state index in [4.69, 9.17) is 13.9 Å². The van der Waals surface area contributed by atoms with Crippen LogP contribution >= 0.6 is 11.3 Å². The highest BCUT2D eigenvalue weighted by Gasteiger charge is 2.45. The average molecular weight is 461 g/mol. The number of hydrazone groups is 1. The van der Waals surface area contributed by atoms with Crippen LogP contribution in [0.1, 0.15) is 36.8 Å². The first-order chi connectivity index (χ1) is 16.3. The van der Waals surface area contributed by atoms with Crippen molar-refractivity contribution in [3.05, 3.63) is 70.7 Å². The van der Waals surface area contributed by atoms with Gasteiger partial charge in [0.25, 0.3) is 5.91 Å². The summed E-state index contributed by atoms with van der Waals surface area (Å²) in [6.07, 6.45) is 8.12. The van der Waals surface area contributed by atoms with Gasteiger partial charge in [-0.25, -0.2) is 5.01 Å². The monoisotopic (exact) mass is 460 g/mol. The SMILES string of the molecule is O=C(Cn1nnc(-c2ccsc2)n1)N1N=C2/C(=C\c3ccco3)CCCC2C1c1ccco1. The summed E-state index contributed by atoms with van der Waals surface area (Å²) in [6.45, 7) is -0.0604. The van der Waals surface area contributed by atoms with E-state index >= 15 is 0 Å². The van der Waals surface area contributed by atoms with E-state index in [1.165, 1.54) is 9.81 Å². The Morgan fingerprint density at radius 3 is 2.91 bits per heavy atom. The molecule has 1 saturated carbocycles. The van der Waals surface area contributed by atoms with Crippen molar-refractivity contribution < 1.29 is 13.6 Å². The van der Waals surface area contributed by atoms with Gasteiger partial charge < -0.3 is 8.83 Å². The lowest BCUT2D eigenvalue weighted by atomic mass is 9.79. The van der Waals surface area contributed by atoms with Gasteiger partial charge in [-0.1, -0.05) is 0 Å². The fourth-order valence-electron chi connectivity index (χ4n) is 4.50.